The van der Waals surface area contributed by atoms with Gasteiger partial charge in [0, 0.05) is 24.0 Å². The maximum absolute atomic E-state index is 12.9. The molecule has 0 unspecified atom stereocenters. The molecule has 1 N–H and O–H groups in total. The third kappa shape index (κ3) is 4.23. The molecule has 3 aromatic heterocycles. The number of benzene rings is 1. The van der Waals surface area contributed by atoms with E-state index in [2.05, 4.69) is 15.5 Å². The SMILES string of the molecule is COc1ccc(-c2cc(CNC(=O)c3c(C)ccn(-c4cccnc4)c3=O)no2)cc1. The van der Waals surface area contributed by atoms with Crippen molar-refractivity contribution in [3.05, 3.63) is 94.3 Å². The lowest BCUT2D eigenvalue weighted by Crippen LogP contribution is -2.33. The molecule has 3 heterocycles. The Morgan fingerprint density at radius 2 is 2.00 bits per heavy atom. The molecule has 0 saturated heterocycles. The zero-order valence-corrected chi connectivity index (χ0v) is 17.0. The Bertz CT molecular complexity index is 1260. The third-order valence-electron chi connectivity index (χ3n) is 4.82. The van der Waals surface area contributed by atoms with Gasteiger partial charge in [-0.05, 0) is 55.0 Å². The first kappa shape index (κ1) is 20.1. The molecule has 8 nitrogen and oxygen atoms in total. The van der Waals surface area contributed by atoms with Crippen LogP contribution in [0.4, 0.5) is 0 Å². The van der Waals surface area contributed by atoms with Crippen molar-refractivity contribution in [2.45, 2.75) is 13.5 Å². The number of ether oxygens (including phenoxy) is 1. The van der Waals surface area contributed by atoms with E-state index >= 15 is 0 Å². The van der Waals surface area contributed by atoms with Crippen molar-refractivity contribution in [1.82, 2.24) is 20.0 Å². The first-order valence-corrected chi connectivity index (χ1v) is 9.57. The van der Waals surface area contributed by atoms with Crippen molar-refractivity contribution >= 4 is 5.91 Å². The Balaban J connectivity index is 1.51. The second-order valence-electron chi connectivity index (χ2n) is 6.85. The van der Waals surface area contributed by atoms with Gasteiger partial charge in [0.25, 0.3) is 11.5 Å². The van der Waals surface area contributed by atoms with Gasteiger partial charge in [-0.15, -0.1) is 0 Å². The Hall–Kier alpha value is -4.20. The van der Waals surface area contributed by atoms with Crippen molar-refractivity contribution in [1.29, 1.82) is 0 Å². The Labute approximate surface area is 178 Å². The highest BCUT2D eigenvalue weighted by molar-refractivity contribution is 5.95. The fourth-order valence-electron chi connectivity index (χ4n) is 3.15. The van der Waals surface area contributed by atoms with Crippen LogP contribution in [0.5, 0.6) is 5.75 Å². The van der Waals surface area contributed by atoms with Crippen molar-refractivity contribution in [3.8, 4) is 22.8 Å². The molecule has 8 heteroatoms. The Kier molecular flexibility index (Phi) is 5.61. The number of aromatic nitrogens is 3. The maximum atomic E-state index is 12.9. The fraction of sp³-hybridized carbons (Fsp3) is 0.130. The summed E-state index contributed by atoms with van der Waals surface area (Å²) in [6, 6.07) is 14.3. The topological polar surface area (TPSA) is 99.2 Å². The van der Waals surface area contributed by atoms with Gasteiger partial charge in [-0.25, -0.2) is 0 Å². The van der Waals surface area contributed by atoms with Gasteiger partial charge in [-0.2, -0.15) is 0 Å². The summed E-state index contributed by atoms with van der Waals surface area (Å²) in [4.78, 5) is 29.7. The summed E-state index contributed by atoms with van der Waals surface area (Å²) in [5.74, 6) is 0.836. The van der Waals surface area contributed by atoms with Gasteiger partial charge < -0.3 is 14.6 Å². The normalized spacial score (nSPS) is 10.6. The highest BCUT2D eigenvalue weighted by Gasteiger charge is 2.17. The molecule has 31 heavy (non-hydrogen) atoms. The van der Waals surface area contributed by atoms with Gasteiger partial charge in [0.1, 0.15) is 17.0 Å². The third-order valence-corrected chi connectivity index (χ3v) is 4.82. The average Bonchev–Trinajstić information content (AvgIpc) is 3.27. The van der Waals surface area contributed by atoms with E-state index in [9.17, 15) is 9.59 Å². The van der Waals surface area contributed by atoms with Crippen LogP contribution >= 0.6 is 0 Å². The summed E-state index contributed by atoms with van der Waals surface area (Å²) < 4.78 is 11.9. The molecule has 0 aliphatic heterocycles. The van der Waals surface area contributed by atoms with Gasteiger partial charge in [0.2, 0.25) is 0 Å². The average molecular weight is 416 g/mol. The maximum Gasteiger partial charge on any atom is 0.268 e. The van der Waals surface area contributed by atoms with E-state index in [0.717, 1.165) is 11.3 Å². The van der Waals surface area contributed by atoms with E-state index in [0.29, 0.717) is 22.7 Å². The predicted octanol–water partition coefficient (Wildman–Crippen LogP) is 3.13. The van der Waals surface area contributed by atoms with Crippen LogP contribution < -0.4 is 15.6 Å². The van der Waals surface area contributed by atoms with Crippen LogP contribution in [0.25, 0.3) is 17.0 Å². The molecular weight excluding hydrogens is 396 g/mol. The lowest BCUT2D eigenvalue weighted by Gasteiger charge is -2.10. The minimum atomic E-state index is -0.477. The van der Waals surface area contributed by atoms with E-state index < -0.39 is 11.5 Å². The van der Waals surface area contributed by atoms with Crippen molar-refractivity contribution in [2.75, 3.05) is 7.11 Å². The number of carbonyl (C=O) groups excluding carboxylic acids is 1. The highest BCUT2D eigenvalue weighted by atomic mass is 16.5. The number of methoxy groups -OCH3 is 1. The van der Waals surface area contributed by atoms with Crippen LogP contribution in [-0.4, -0.2) is 27.7 Å². The molecule has 0 aliphatic carbocycles. The number of amides is 1. The first-order chi connectivity index (χ1) is 15.1. The summed E-state index contributed by atoms with van der Waals surface area (Å²) >= 11 is 0. The molecule has 0 spiro atoms. The number of aryl methyl sites for hydroxylation is 1. The van der Waals surface area contributed by atoms with Gasteiger partial charge in [0.15, 0.2) is 5.76 Å². The molecule has 1 aromatic carbocycles. The Morgan fingerprint density at radius 1 is 1.19 bits per heavy atom. The Morgan fingerprint density at radius 3 is 2.71 bits per heavy atom. The summed E-state index contributed by atoms with van der Waals surface area (Å²) in [7, 11) is 1.60. The van der Waals surface area contributed by atoms with E-state index in [4.69, 9.17) is 9.26 Å². The molecule has 156 valence electrons. The second kappa shape index (κ2) is 8.66. The number of carbonyl (C=O) groups is 1. The summed E-state index contributed by atoms with van der Waals surface area (Å²) in [5, 5.41) is 6.75. The molecule has 0 saturated carbocycles. The van der Waals surface area contributed by atoms with Crippen molar-refractivity contribution in [2.24, 2.45) is 0 Å². The minimum Gasteiger partial charge on any atom is -0.497 e. The van der Waals surface area contributed by atoms with Crippen LogP contribution in [0.3, 0.4) is 0 Å². The van der Waals surface area contributed by atoms with Crippen molar-refractivity contribution < 1.29 is 14.1 Å². The van der Waals surface area contributed by atoms with Crippen molar-refractivity contribution in [3.63, 3.8) is 0 Å². The molecule has 0 radical (unpaired) electrons. The zero-order valence-electron chi connectivity index (χ0n) is 17.0. The zero-order chi connectivity index (χ0) is 21.8. The molecular formula is C23H20N4O4. The van der Waals surface area contributed by atoms with E-state index in [1.165, 1.54) is 4.57 Å². The first-order valence-electron chi connectivity index (χ1n) is 9.57. The van der Waals surface area contributed by atoms with Crippen LogP contribution in [0, 0.1) is 6.92 Å². The molecule has 0 aliphatic rings. The molecule has 1 amide bonds. The number of nitrogens with zero attached hydrogens (tertiary/aromatic N) is 3. The van der Waals surface area contributed by atoms with Gasteiger partial charge >= 0.3 is 0 Å². The van der Waals surface area contributed by atoms with Crippen LogP contribution in [0.2, 0.25) is 0 Å². The number of nitrogens with one attached hydrogen (secondary N) is 1. The summed E-state index contributed by atoms with van der Waals surface area (Å²) in [5.41, 5.74) is 2.21. The molecule has 0 atom stereocenters. The van der Waals surface area contributed by atoms with Crippen LogP contribution in [0.1, 0.15) is 21.6 Å². The highest BCUT2D eigenvalue weighted by Crippen LogP contribution is 2.23. The van der Waals surface area contributed by atoms with E-state index in [-0.39, 0.29) is 12.1 Å². The standard InChI is InChI=1S/C23H20N4O4/c1-15-9-11-27(18-4-3-10-24-14-18)23(29)21(15)22(28)25-13-17-12-20(31-26-17)16-5-7-19(30-2)8-6-16/h3-12,14H,13H2,1-2H3,(H,25,28). The van der Waals surface area contributed by atoms with E-state index in [1.807, 2.05) is 24.3 Å². The minimum absolute atomic E-state index is 0.0743. The van der Waals surface area contributed by atoms with Crippen LogP contribution in [0.15, 0.2) is 76.4 Å². The molecule has 4 rings (SSSR count). The smallest absolute Gasteiger partial charge is 0.268 e. The number of hydrogen-bond acceptors (Lipinski definition) is 6. The lowest BCUT2D eigenvalue weighted by molar-refractivity contribution is 0.0947. The molecule has 0 bridgehead atoms. The quantitative estimate of drug-likeness (QED) is 0.518. The summed E-state index contributed by atoms with van der Waals surface area (Å²) in [6.07, 6.45) is 4.81. The monoisotopic (exact) mass is 416 g/mol. The predicted molar refractivity (Wildman–Crippen MR) is 114 cm³/mol. The van der Waals surface area contributed by atoms with E-state index in [1.54, 1.807) is 56.9 Å². The number of rotatable bonds is 6. The second-order valence-corrected chi connectivity index (χ2v) is 6.85. The fourth-order valence-corrected chi connectivity index (χ4v) is 3.15. The van der Waals surface area contributed by atoms with Crippen LogP contribution in [-0.2, 0) is 6.54 Å². The lowest BCUT2D eigenvalue weighted by atomic mass is 10.1. The van der Waals surface area contributed by atoms with Gasteiger partial charge in [-0.1, -0.05) is 5.16 Å². The number of pyridine rings is 2. The van der Waals surface area contributed by atoms with Gasteiger partial charge in [0.05, 0.1) is 25.5 Å². The summed E-state index contributed by atoms with van der Waals surface area (Å²) in [6.45, 7) is 1.85. The number of hydrogen-bond donors (Lipinski definition) is 1. The van der Waals surface area contributed by atoms with Gasteiger partial charge in [-0.3, -0.25) is 19.1 Å². The molecule has 4 aromatic rings. The molecule has 0 fully saturated rings. The largest absolute Gasteiger partial charge is 0.497 e.